The van der Waals surface area contributed by atoms with Crippen molar-refractivity contribution in [1.29, 1.82) is 0 Å². The number of fused-ring (bicyclic) bond motifs is 6. The van der Waals surface area contributed by atoms with Gasteiger partial charge >= 0.3 is 41.5 Å². The Hall–Kier alpha value is -6.63. The molecule has 94 heavy (non-hydrogen) atoms. The smallest absolute Gasteiger partial charge is 0.324 e. The quantitative estimate of drug-likeness (QED) is 0.0363. The van der Waals surface area contributed by atoms with E-state index in [9.17, 15) is 9.59 Å². The minimum Gasteiger partial charge on any atom is -0.486 e. The summed E-state index contributed by atoms with van der Waals surface area (Å²) in [6.45, 7) is 25.3. The van der Waals surface area contributed by atoms with E-state index in [1.165, 1.54) is 58.0 Å². The molecule has 6 aliphatic rings. The number of ether oxygens (including phenoxy) is 6. The van der Waals surface area contributed by atoms with Gasteiger partial charge in [-0.1, -0.05) is 105 Å². The van der Waals surface area contributed by atoms with Gasteiger partial charge in [-0.05, 0) is 178 Å². The van der Waals surface area contributed by atoms with Crippen molar-refractivity contribution in [1.82, 2.24) is 0 Å². The van der Waals surface area contributed by atoms with Gasteiger partial charge in [0.2, 0.25) is 0 Å². The lowest BCUT2D eigenvalue weighted by Crippen LogP contribution is -2.24. The molecule has 10 N–H and O–H groups in total. The number of ketones is 2. The van der Waals surface area contributed by atoms with Gasteiger partial charge in [-0.15, -0.1) is 0 Å². The van der Waals surface area contributed by atoms with E-state index in [1.807, 2.05) is 124 Å². The van der Waals surface area contributed by atoms with E-state index < -0.39 is 0 Å². The average Bonchev–Trinajstić information content (AvgIpc) is 1.74. The van der Waals surface area contributed by atoms with Gasteiger partial charge in [0.05, 0.1) is 36.6 Å². The van der Waals surface area contributed by atoms with E-state index in [0.29, 0.717) is 36.1 Å². The van der Waals surface area contributed by atoms with Crippen molar-refractivity contribution >= 4 is 85.8 Å². The summed E-state index contributed by atoms with van der Waals surface area (Å²) in [5.41, 5.74) is 36.3. The predicted octanol–water partition coefficient (Wildman–Crippen LogP) is 6.26. The van der Waals surface area contributed by atoms with Crippen LogP contribution in [0.4, 0.5) is 0 Å². The number of hydrogen-bond donors (Lipinski definition) is 6. The van der Waals surface area contributed by atoms with E-state index in [0.717, 1.165) is 59.2 Å². The third-order valence-electron chi connectivity index (χ3n) is 17.0. The molecule has 500 valence electrons. The topological polar surface area (TPSA) is 289 Å². The number of benzene rings is 6. The number of aliphatic hydroxyl groups is 2. The number of carbonyl (C=O) groups excluding carboxylic acids is 2. The highest BCUT2D eigenvalue weighted by atomic mass is 16.6. The van der Waals surface area contributed by atoms with E-state index in [4.69, 9.17) is 89.5 Å². The zero-order chi connectivity index (χ0) is 68.2. The molecule has 26 heteroatoms. The van der Waals surface area contributed by atoms with Crippen LogP contribution in [0.1, 0.15) is 137 Å². The molecule has 12 rings (SSSR count). The fourth-order valence-corrected chi connectivity index (χ4v) is 12.4. The number of carbonyl (C=O) groups is 2. The summed E-state index contributed by atoms with van der Waals surface area (Å²) in [4.78, 5) is 21.7. The highest BCUT2D eigenvalue weighted by Gasteiger charge is 2.36. The molecule has 6 heterocycles. The SMILES string of the molecule is CB1O[C@@H](CN)c2ccc(OCC(C)=O)cc21.CB1O[C@H](CN)c2ccc(OCC(C)=O)cc21.CC[C@@H]1OB(C)c2cc(OCN)ccc21.CC[C@@H]1OB(C)c2cc(OCO)ccc21.CC[C@H]1OB(C)c2cc(OCN)ccc21.CC[C@H]1OB(C)c2cc(OCO)ccc21. The van der Waals surface area contributed by atoms with Gasteiger partial charge in [-0.25, -0.2) is 0 Å². The van der Waals surface area contributed by atoms with Crippen LogP contribution in [0.5, 0.6) is 34.5 Å². The average molecular weight is 1290 g/mol. The lowest BCUT2D eigenvalue weighted by molar-refractivity contribution is -0.119. The maximum Gasteiger partial charge on any atom is 0.324 e. The Balaban J connectivity index is 0.000000160. The van der Waals surface area contributed by atoms with Crippen LogP contribution in [-0.2, 0) is 37.5 Å². The lowest BCUT2D eigenvalue weighted by atomic mass is 9.64. The molecule has 0 bridgehead atoms. The normalized spacial score (nSPS) is 18.7. The van der Waals surface area contributed by atoms with E-state index in [-0.39, 0.29) is 130 Å². The van der Waals surface area contributed by atoms with E-state index >= 15 is 0 Å². The molecule has 20 nitrogen and oxygen atoms in total. The van der Waals surface area contributed by atoms with Gasteiger partial charge in [0, 0.05) is 13.1 Å². The van der Waals surface area contributed by atoms with Crippen molar-refractivity contribution in [3.8, 4) is 34.5 Å². The predicted molar refractivity (Wildman–Crippen MR) is 376 cm³/mol. The molecule has 0 unspecified atom stereocenters. The molecule has 0 aromatic heterocycles. The third-order valence-corrected chi connectivity index (χ3v) is 17.0. The number of Topliss-reactive ketones (excluding diaryl/α,β-unsaturated/α-hetero) is 2. The van der Waals surface area contributed by atoms with Crippen LogP contribution in [0.3, 0.4) is 0 Å². The summed E-state index contributed by atoms with van der Waals surface area (Å²) in [5.74, 6) is 4.46. The Bertz CT molecular complexity index is 3070. The summed E-state index contributed by atoms with van der Waals surface area (Å²) >= 11 is 0. The van der Waals surface area contributed by atoms with Crippen LogP contribution in [0, 0.1) is 0 Å². The van der Waals surface area contributed by atoms with E-state index in [1.54, 1.807) is 0 Å². The fourth-order valence-electron chi connectivity index (χ4n) is 12.4. The van der Waals surface area contributed by atoms with Gasteiger partial charge in [-0.3, -0.25) is 21.1 Å². The van der Waals surface area contributed by atoms with Crippen LogP contribution in [0.2, 0.25) is 40.9 Å². The minimum absolute atomic E-state index is 0.00892. The van der Waals surface area contributed by atoms with Gasteiger partial charge in [0.1, 0.15) is 61.2 Å². The first-order chi connectivity index (χ1) is 45.3. The molecule has 0 saturated carbocycles. The van der Waals surface area contributed by atoms with Crippen molar-refractivity contribution in [3.05, 3.63) is 143 Å². The summed E-state index contributed by atoms with van der Waals surface area (Å²) < 4.78 is 66.1. The number of rotatable bonds is 20. The van der Waals surface area contributed by atoms with Crippen LogP contribution >= 0.6 is 0 Å². The molecule has 0 aliphatic carbocycles. The standard InChI is InChI=1S/2C12H16BNO3.2C11H16BNO2.2C11H15BO3/c2*1-8(15)7-16-9-3-4-10-11(5-9)13(2)17-12(10)6-14;4*1-3-11-9-5-4-8(14-7-13)6-10(9)12(2)15-11/h2*3-5,12H,6-7,14H2,1-2H3;2*4-6,11H,3,7,13H2,1-2H3;2*4-6,11,13H,3,7H2,1-2H3/t2*12-;4*11-/m101010/s1. The molecule has 6 atom stereocenters. The van der Waals surface area contributed by atoms with Crippen LogP contribution in [0.25, 0.3) is 0 Å². The molecular formula is C68H94B6N4O16. The first-order valence-corrected chi connectivity index (χ1v) is 32.8. The Morgan fingerprint density at radius 1 is 0.351 bits per heavy atom. The van der Waals surface area contributed by atoms with E-state index in [2.05, 4.69) is 53.5 Å². The van der Waals surface area contributed by atoms with Gasteiger partial charge < -0.3 is 78.0 Å². The largest absolute Gasteiger partial charge is 0.486 e. The monoisotopic (exact) mass is 1290 g/mol. The summed E-state index contributed by atoms with van der Waals surface area (Å²) in [7, 11) is 0. The molecule has 0 amide bonds. The summed E-state index contributed by atoms with van der Waals surface area (Å²) in [6.07, 6.45) is 4.82. The second-order valence-electron chi connectivity index (χ2n) is 23.6. The summed E-state index contributed by atoms with van der Waals surface area (Å²) in [6, 6.07) is 35.3. The van der Waals surface area contributed by atoms with Crippen molar-refractivity contribution in [2.75, 3.05) is 53.4 Å². The third kappa shape index (κ3) is 19.3. The Kier molecular flexibility index (Phi) is 29.0. The molecular weight excluding hydrogens is 1190 g/mol. The molecule has 0 spiro atoms. The fraction of sp³-hybridized carbons (Fsp3) is 0.441. The summed E-state index contributed by atoms with van der Waals surface area (Å²) in [5, 5.41) is 17.4. The molecule has 6 aromatic rings. The van der Waals surface area contributed by atoms with Gasteiger partial charge in [0.15, 0.2) is 25.2 Å². The Morgan fingerprint density at radius 2 is 0.553 bits per heavy atom. The zero-order valence-electron chi connectivity index (χ0n) is 56.7. The molecule has 6 aliphatic heterocycles. The number of hydrogen-bond acceptors (Lipinski definition) is 20. The van der Waals surface area contributed by atoms with Crippen LogP contribution < -0.4 is 84.1 Å². The maximum atomic E-state index is 10.8. The number of nitrogens with two attached hydrogens (primary N) is 4. The first-order valence-electron chi connectivity index (χ1n) is 32.8. The maximum absolute atomic E-state index is 10.8. The Labute approximate surface area is 557 Å². The zero-order valence-corrected chi connectivity index (χ0v) is 56.7. The van der Waals surface area contributed by atoms with Crippen molar-refractivity contribution < 1.29 is 76.1 Å². The van der Waals surface area contributed by atoms with Crippen molar-refractivity contribution in [2.24, 2.45) is 22.9 Å². The van der Waals surface area contributed by atoms with Gasteiger partial charge in [0.25, 0.3) is 0 Å². The van der Waals surface area contributed by atoms with Crippen molar-refractivity contribution in [3.63, 3.8) is 0 Å². The molecule has 0 saturated heterocycles. The Morgan fingerprint density at radius 3 is 0.745 bits per heavy atom. The lowest BCUT2D eigenvalue weighted by Gasteiger charge is -2.09. The van der Waals surface area contributed by atoms with Crippen molar-refractivity contribution in [2.45, 2.75) is 145 Å². The molecule has 6 aromatic carbocycles. The second kappa shape index (κ2) is 36.5. The van der Waals surface area contributed by atoms with Crippen LogP contribution in [-0.4, -0.2) is 117 Å². The second-order valence-corrected chi connectivity index (χ2v) is 23.6. The molecule has 0 fully saturated rings. The number of aliphatic hydroxyl groups excluding tert-OH is 2. The highest BCUT2D eigenvalue weighted by molar-refractivity contribution is 6.70. The minimum atomic E-state index is -0.286. The van der Waals surface area contributed by atoms with Gasteiger partial charge in [-0.2, -0.15) is 0 Å². The van der Waals surface area contributed by atoms with Crippen LogP contribution in [0.15, 0.2) is 109 Å². The molecule has 0 radical (unpaired) electrons. The highest BCUT2D eigenvalue weighted by Crippen LogP contribution is 2.33. The first kappa shape index (κ1) is 74.8.